The average Bonchev–Trinajstić information content (AvgIpc) is 2.77. The number of ether oxygens (including phenoxy) is 1. The monoisotopic (exact) mass is 229 g/mol. The van der Waals surface area contributed by atoms with Crippen LogP contribution in [0.3, 0.4) is 0 Å². The number of aliphatic carboxylic acids is 1. The summed E-state index contributed by atoms with van der Waals surface area (Å²) in [5.41, 5.74) is 0. The maximum Gasteiger partial charge on any atom is 0.308 e. The smallest absolute Gasteiger partial charge is 0.308 e. The highest BCUT2D eigenvalue weighted by atomic mass is 16.5. The van der Waals surface area contributed by atoms with Crippen LogP contribution in [0.25, 0.3) is 0 Å². The lowest BCUT2D eigenvalue weighted by atomic mass is 10.1. The van der Waals surface area contributed by atoms with Crippen molar-refractivity contribution < 1.29 is 19.4 Å². The SMILES string of the molecule is CCN(CC(C)C(=O)O)C(=O)[C@@H]1CCCO1. The fourth-order valence-electron chi connectivity index (χ4n) is 1.76. The predicted molar refractivity (Wildman–Crippen MR) is 58.0 cm³/mol. The normalized spacial score (nSPS) is 21.8. The van der Waals surface area contributed by atoms with E-state index >= 15 is 0 Å². The van der Waals surface area contributed by atoms with Crippen LogP contribution in [0, 0.1) is 5.92 Å². The molecule has 92 valence electrons. The van der Waals surface area contributed by atoms with Crippen LogP contribution in [0.5, 0.6) is 0 Å². The Labute approximate surface area is 95.4 Å². The lowest BCUT2D eigenvalue weighted by Gasteiger charge is -2.25. The first kappa shape index (κ1) is 13.0. The summed E-state index contributed by atoms with van der Waals surface area (Å²) in [6.07, 6.45) is 1.29. The van der Waals surface area contributed by atoms with E-state index in [1.165, 1.54) is 0 Å². The summed E-state index contributed by atoms with van der Waals surface area (Å²) in [5.74, 6) is -1.49. The van der Waals surface area contributed by atoms with E-state index in [0.717, 1.165) is 12.8 Å². The third-order valence-corrected chi connectivity index (χ3v) is 2.81. The van der Waals surface area contributed by atoms with Gasteiger partial charge >= 0.3 is 5.97 Å². The molecule has 0 radical (unpaired) electrons. The number of carbonyl (C=O) groups excluding carboxylic acids is 1. The number of rotatable bonds is 5. The Hall–Kier alpha value is -1.10. The maximum atomic E-state index is 11.9. The predicted octanol–water partition coefficient (Wildman–Crippen LogP) is 0.735. The van der Waals surface area contributed by atoms with Crippen molar-refractivity contribution in [3.05, 3.63) is 0 Å². The van der Waals surface area contributed by atoms with Gasteiger partial charge in [-0.1, -0.05) is 6.92 Å². The lowest BCUT2D eigenvalue weighted by Crippen LogP contribution is -2.42. The number of carboxylic acids is 1. The minimum atomic E-state index is -0.876. The summed E-state index contributed by atoms with van der Waals surface area (Å²) in [4.78, 5) is 24.2. The highest BCUT2D eigenvalue weighted by Crippen LogP contribution is 2.15. The molecule has 0 saturated carbocycles. The van der Waals surface area contributed by atoms with Crippen molar-refractivity contribution >= 4 is 11.9 Å². The number of carbonyl (C=O) groups is 2. The molecular weight excluding hydrogens is 210 g/mol. The van der Waals surface area contributed by atoms with Crippen molar-refractivity contribution in [2.24, 2.45) is 5.92 Å². The maximum absolute atomic E-state index is 11.9. The number of carboxylic acid groups (broad SMARTS) is 1. The van der Waals surface area contributed by atoms with Crippen LogP contribution < -0.4 is 0 Å². The van der Waals surface area contributed by atoms with Gasteiger partial charge in [0.2, 0.25) is 0 Å². The van der Waals surface area contributed by atoms with Crippen LogP contribution >= 0.6 is 0 Å². The number of hydrogen-bond donors (Lipinski definition) is 1. The van der Waals surface area contributed by atoms with Crippen LogP contribution in [0.15, 0.2) is 0 Å². The van der Waals surface area contributed by atoms with Crippen molar-refractivity contribution in [1.82, 2.24) is 4.90 Å². The van der Waals surface area contributed by atoms with Gasteiger partial charge in [-0.3, -0.25) is 9.59 Å². The van der Waals surface area contributed by atoms with E-state index in [0.29, 0.717) is 13.2 Å². The van der Waals surface area contributed by atoms with Crippen LogP contribution in [0.4, 0.5) is 0 Å². The van der Waals surface area contributed by atoms with Gasteiger partial charge in [-0.25, -0.2) is 0 Å². The molecule has 16 heavy (non-hydrogen) atoms. The quantitative estimate of drug-likeness (QED) is 0.755. The van der Waals surface area contributed by atoms with Crippen molar-refractivity contribution in [3.8, 4) is 0 Å². The van der Waals surface area contributed by atoms with Gasteiger partial charge in [-0.2, -0.15) is 0 Å². The molecule has 1 heterocycles. The molecule has 0 aromatic carbocycles. The Morgan fingerprint density at radius 3 is 2.69 bits per heavy atom. The van der Waals surface area contributed by atoms with Crippen LogP contribution in [0.1, 0.15) is 26.7 Å². The zero-order valence-electron chi connectivity index (χ0n) is 9.81. The van der Waals surface area contributed by atoms with Crippen molar-refractivity contribution in [3.63, 3.8) is 0 Å². The molecule has 1 fully saturated rings. The van der Waals surface area contributed by atoms with E-state index in [2.05, 4.69) is 0 Å². The Kier molecular flexibility index (Phi) is 4.73. The van der Waals surface area contributed by atoms with Gasteiger partial charge in [0.25, 0.3) is 5.91 Å². The number of likely N-dealkylation sites (N-methyl/N-ethyl adjacent to an activating group) is 1. The van der Waals surface area contributed by atoms with Crippen molar-refractivity contribution in [1.29, 1.82) is 0 Å². The van der Waals surface area contributed by atoms with E-state index in [1.807, 2.05) is 6.92 Å². The third-order valence-electron chi connectivity index (χ3n) is 2.81. The Bertz CT molecular complexity index is 261. The standard InChI is InChI=1S/C11H19NO4/c1-3-12(7-8(2)11(14)15)10(13)9-5-4-6-16-9/h8-9H,3-7H2,1-2H3,(H,14,15)/t8?,9-/m0/s1. The molecule has 1 amide bonds. The zero-order valence-corrected chi connectivity index (χ0v) is 9.81. The van der Waals surface area contributed by atoms with Gasteiger partial charge in [-0.05, 0) is 19.8 Å². The summed E-state index contributed by atoms with van der Waals surface area (Å²) in [6.45, 7) is 4.86. The number of hydrogen-bond acceptors (Lipinski definition) is 3. The molecule has 0 aliphatic carbocycles. The first-order chi connectivity index (χ1) is 7.56. The summed E-state index contributed by atoms with van der Waals surface area (Å²) >= 11 is 0. The van der Waals surface area contributed by atoms with Crippen LogP contribution in [-0.4, -0.2) is 47.7 Å². The van der Waals surface area contributed by atoms with E-state index < -0.39 is 11.9 Å². The Balaban J connectivity index is 2.52. The molecule has 2 atom stereocenters. The van der Waals surface area contributed by atoms with E-state index in [1.54, 1.807) is 11.8 Å². The second-order valence-corrected chi connectivity index (χ2v) is 4.12. The van der Waals surface area contributed by atoms with Crippen LogP contribution in [-0.2, 0) is 14.3 Å². The summed E-state index contributed by atoms with van der Waals surface area (Å²) in [7, 11) is 0. The zero-order chi connectivity index (χ0) is 12.1. The van der Waals surface area contributed by atoms with Gasteiger partial charge in [0.15, 0.2) is 0 Å². The second-order valence-electron chi connectivity index (χ2n) is 4.12. The van der Waals surface area contributed by atoms with E-state index in [4.69, 9.17) is 9.84 Å². The van der Waals surface area contributed by atoms with Gasteiger partial charge in [-0.15, -0.1) is 0 Å². The van der Waals surface area contributed by atoms with Gasteiger partial charge in [0.1, 0.15) is 6.10 Å². The highest BCUT2D eigenvalue weighted by Gasteiger charge is 2.29. The fraction of sp³-hybridized carbons (Fsp3) is 0.818. The van der Waals surface area contributed by atoms with Gasteiger partial charge < -0.3 is 14.7 Å². The largest absolute Gasteiger partial charge is 0.481 e. The summed E-state index contributed by atoms with van der Waals surface area (Å²) in [5, 5.41) is 8.80. The molecule has 0 aromatic rings. The Morgan fingerprint density at radius 2 is 2.25 bits per heavy atom. The molecule has 0 spiro atoms. The number of amides is 1. The fourth-order valence-corrected chi connectivity index (χ4v) is 1.76. The third kappa shape index (κ3) is 3.20. The summed E-state index contributed by atoms with van der Waals surface area (Å²) < 4.78 is 5.30. The van der Waals surface area contributed by atoms with E-state index in [9.17, 15) is 9.59 Å². The van der Waals surface area contributed by atoms with Gasteiger partial charge in [0.05, 0.1) is 5.92 Å². The second kappa shape index (κ2) is 5.84. The van der Waals surface area contributed by atoms with Crippen LogP contribution in [0.2, 0.25) is 0 Å². The molecule has 0 bridgehead atoms. The van der Waals surface area contributed by atoms with Crippen molar-refractivity contribution in [2.45, 2.75) is 32.8 Å². The molecule has 1 aliphatic rings. The molecule has 0 aromatic heterocycles. The topological polar surface area (TPSA) is 66.8 Å². The minimum Gasteiger partial charge on any atom is -0.481 e. The minimum absolute atomic E-state index is 0.0758. The summed E-state index contributed by atoms with van der Waals surface area (Å²) in [6, 6.07) is 0. The average molecular weight is 229 g/mol. The molecular formula is C11H19NO4. The number of nitrogens with zero attached hydrogens (tertiary/aromatic N) is 1. The molecule has 1 saturated heterocycles. The van der Waals surface area contributed by atoms with Crippen molar-refractivity contribution in [2.75, 3.05) is 19.7 Å². The molecule has 1 rings (SSSR count). The Morgan fingerprint density at radius 1 is 1.56 bits per heavy atom. The molecule has 5 nitrogen and oxygen atoms in total. The lowest BCUT2D eigenvalue weighted by molar-refractivity contribution is -0.145. The molecule has 1 unspecified atom stereocenters. The van der Waals surface area contributed by atoms with Gasteiger partial charge in [0, 0.05) is 19.7 Å². The van der Waals surface area contributed by atoms with E-state index in [-0.39, 0.29) is 18.6 Å². The molecule has 1 aliphatic heterocycles. The first-order valence-electron chi connectivity index (χ1n) is 5.69. The first-order valence-corrected chi connectivity index (χ1v) is 5.69. The highest BCUT2D eigenvalue weighted by molar-refractivity contribution is 5.81. The molecule has 5 heteroatoms. The molecule has 1 N–H and O–H groups in total.